The van der Waals surface area contributed by atoms with Gasteiger partial charge in [-0.2, -0.15) is 0 Å². The molecule has 1 aromatic carbocycles. The first-order valence-corrected chi connectivity index (χ1v) is 10.2. The Morgan fingerprint density at radius 3 is 2.82 bits per heavy atom. The average Bonchev–Trinajstić information content (AvgIpc) is 2.94. The predicted octanol–water partition coefficient (Wildman–Crippen LogP) is 1.45. The number of hydrogen-bond donors (Lipinski definition) is 2. The Morgan fingerprint density at radius 1 is 1.32 bits per heavy atom. The van der Waals surface area contributed by atoms with Crippen molar-refractivity contribution in [2.24, 2.45) is 0 Å². The SMILES string of the molecule is CC1(C)CN(C(=O)CC2NC(=O)CC(N3CCOCC3)N2)c2cccc(Cl)c21. The van der Waals surface area contributed by atoms with Gasteiger partial charge in [0, 0.05) is 41.3 Å². The Hall–Kier alpha value is -1.67. The van der Waals surface area contributed by atoms with Gasteiger partial charge < -0.3 is 15.0 Å². The molecule has 2 saturated heterocycles. The first-order chi connectivity index (χ1) is 13.3. The molecular formula is C20H27ClN4O3. The normalized spacial score (nSPS) is 27.4. The van der Waals surface area contributed by atoms with Crippen molar-refractivity contribution in [1.29, 1.82) is 0 Å². The number of hydrogen-bond acceptors (Lipinski definition) is 5. The lowest BCUT2D eigenvalue weighted by atomic mass is 9.87. The van der Waals surface area contributed by atoms with Crippen LogP contribution in [-0.4, -0.2) is 61.9 Å². The Morgan fingerprint density at radius 2 is 2.07 bits per heavy atom. The van der Waals surface area contributed by atoms with E-state index in [0.29, 0.717) is 31.2 Å². The molecule has 0 aliphatic carbocycles. The van der Waals surface area contributed by atoms with Crippen molar-refractivity contribution < 1.29 is 14.3 Å². The average molecular weight is 407 g/mol. The van der Waals surface area contributed by atoms with Crippen molar-refractivity contribution in [3.05, 3.63) is 28.8 Å². The fourth-order valence-corrected chi connectivity index (χ4v) is 4.90. The third-order valence-electron chi connectivity index (χ3n) is 5.79. The summed E-state index contributed by atoms with van der Waals surface area (Å²) in [6.07, 6.45) is 0.147. The first kappa shape index (κ1) is 19.6. The summed E-state index contributed by atoms with van der Waals surface area (Å²) >= 11 is 6.42. The molecule has 2 fully saturated rings. The number of halogens is 1. The van der Waals surface area contributed by atoms with E-state index in [1.165, 1.54) is 0 Å². The number of fused-ring (bicyclic) bond motifs is 1. The Bertz CT molecular complexity index is 779. The molecule has 0 radical (unpaired) electrons. The maximum Gasteiger partial charge on any atom is 0.230 e. The molecule has 152 valence electrons. The summed E-state index contributed by atoms with van der Waals surface area (Å²) in [6.45, 7) is 7.70. The monoisotopic (exact) mass is 406 g/mol. The quantitative estimate of drug-likeness (QED) is 0.794. The summed E-state index contributed by atoms with van der Waals surface area (Å²) in [7, 11) is 0. The van der Waals surface area contributed by atoms with E-state index in [0.717, 1.165) is 24.3 Å². The number of morpholine rings is 1. The largest absolute Gasteiger partial charge is 0.379 e. The van der Waals surface area contributed by atoms with Gasteiger partial charge in [0.2, 0.25) is 11.8 Å². The maximum atomic E-state index is 13.1. The van der Waals surface area contributed by atoms with Crippen LogP contribution in [0.25, 0.3) is 0 Å². The molecule has 1 aromatic rings. The van der Waals surface area contributed by atoms with E-state index in [4.69, 9.17) is 16.3 Å². The number of nitrogens with one attached hydrogen (secondary N) is 2. The van der Waals surface area contributed by atoms with Crippen LogP contribution < -0.4 is 15.5 Å². The van der Waals surface area contributed by atoms with E-state index >= 15 is 0 Å². The van der Waals surface area contributed by atoms with Gasteiger partial charge >= 0.3 is 0 Å². The van der Waals surface area contributed by atoms with E-state index < -0.39 is 0 Å². The van der Waals surface area contributed by atoms with Crippen molar-refractivity contribution in [2.75, 3.05) is 37.7 Å². The van der Waals surface area contributed by atoms with Crippen molar-refractivity contribution in [3.8, 4) is 0 Å². The molecule has 2 unspecified atom stereocenters. The van der Waals surface area contributed by atoms with Crippen molar-refractivity contribution in [1.82, 2.24) is 15.5 Å². The molecule has 2 N–H and O–H groups in total. The zero-order chi connectivity index (χ0) is 19.9. The highest BCUT2D eigenvalue weighted by Crippen LogP contribution is 2.44. The molecule has 3 aliphatic heterocycles. The summed E-state index contributed by atoms with van der Waals surface area (Å²) < 4.78 is 5.40. The van der Waals surface area contributed by atoms with Gasteiger partial charge in [-0.15, -0.1) is 0 Å². The van der Waals surface area contributed by atoms with E-state index in [9.17, 15) is 9.59 Å². The third-order valence-corrected chi connectivity index (χ3v) is 6.10. The van der Waals surface area contributed by atoms with Crippen LogP contribution in [0.15, 0.2) is 18.2 Å². The number of benzene rings is 1. The van der Waals surface area contributed by atoms with E-state index in [1.54, 1.807) is 4.90 Å². The summed E-state index contributed by atoms with van der Waals surface area (Å²) in [5.74, 6) is -0.0484. The summed E-state index contributed by atoms with van der Waals surface area (Å²) in [4.78, 5) is 29.4. The molecule has 0 saturated carbocycles. The predicted molar refractivity (Wildman–Crippen MR) is 107 cm³/mol. The number of amides is 2. The lowest BCUT2D eigenvalue weighted by Crippen LogP contribution is -2.63. The minimum absolute atomic E-state index is 0.0190. The van der Waals surface area contributed by atoms with E-state index in [1.807, 2.05) is 18.2 Å². The number of rotatable bonds is 3. The van der Waals surface area contributed by atoms with Gasteiger partial charge in [-0.3, -0.25) is 19.8 Å². The number of carbonyl (C=O) groups is 2. The van der Waals surface area contributed by atoms with Crippen molar-refractivity contribution in [3.63, 3.8) is 0 Å². The van der Waals surface area contributed by atoms with Crippen LogP contribution in [0.3, 0.4) is 0 Å². The van der Waals surface area contributed by atoms with Crippen LogP contribution in [-0.2, 0) is 19.7 Å². The van der Waals surface area contributed by atoms with Gasteiger partial charge in [0.25, 0.3) is 0 Å². The van der Waals surface area contributed by atoms with Crippen molar-refractivity contribution in [2.45, 2.75) is 44.4 Å². The fraction of sp³-hybridized carbons (Fsp3) is 0.600. The number of ether oxygens (including phenoxy) is 1. The second kappa shape index (κ2) is 7.63. The van der Waals surface area contributed by atoms with Gasteiger partial charge in [-0.25, -0.2) is 0 Å². The summed E-state index contributed by atoms with van der Waals surface area (Å²) in [5.41, 5.74) is 1.68. The minimum atomic E-state index is -0.382. The highest BCUT2D eigenvalue weighted by Gasteiger charge is 2.40. The molecule has 2 atom stereocenters. The smallest absolute Gasteiger partial charge is 0.230 e. The van der Waals surface area contributed by atoms with Crippen molar-refractivity contribution >= 4 is 29.1 Å². The molecule has 8 heteroatoms. The van der Waals surface area contributed by atoms with Crippen LogP contribution in [0, 0.1) is 0 Å². The topological polar surface area (TPSA) is 73.9 Å². The summed E-state index contributed by atoms with van der Waals surface area (Å²) in [6, 6.07) is 5.68. The molecule has 28 heavy (non-hydrogen) atoms. The molecule has 2 amide bonds. The zero-order valence-corrected chi connectivity index (χ0v) is 17.1. The van der Waals surface area contributed by atoms with Gasteiger partial charge in [-0.05, 0) is 12.1 Å². The van der Waals surface area contributed by atoms with E-state index in [-0.39, 0.29) is 36.0 Å². The van der Waals surface area contributed by atoms with E-state index in [2.05, 4.69) is 29.4 Å². The molecule has 3 heterocycles. The lowest BCUT2D eigenvalue weighted by molar-refractivity contribution is -0.128. The maximum absolute atomic E-state index is 13.1. The highest BCUT2D eigenvalue weighted by molar-refractivity contribution is 6.32. The Labute approximate surface area is 170 Å². The Balaban J connectivity index is 1.46. The zero-order valence-electron chi connectivity index (χ0n) is 16.3. The Kier molecular flexibility index (Phi) is 5.35. The summed E-state index contributed by atoms with van der Waals surface area (Å²) in [5, 5.41) is 7.03. The second-order valence-corrected chi connectivity index (χ2v) is 8.76. The number of nitrogens with zero attached hydrogens (tertiary/aromatic N) is 2. The third kappa shape index (κ3) is 3.76. The van der Waals surface area contributed by atoms with Gasteiger partial charge in [-0.1, -0.05) is 31.5 Å². The minimum Gasteiger partial charge on any atom is -0.379 e. The van der Waals surface area contributed by atoms with Crippen LogP contribution in [0.4, 0.5) is 5.69 Å². The molecule has 3 aliphatic rings. The van der Waals surface area contributed by atoms with Crippen LogP contribution >= 0.6 is 11.6 Å². The molecule has 0 spiro atoms. The highest BCUT2D eigenvalue weighted by atomic mass is 35.5. The van der Waals surface area contributed by atoms with Gasteiger partial charge in [0.1, 0.15) is 0 Å². The molecule has 0 aromatic heterocycles. The van der Waals surface area contributed by atoms with Crippen LogP contribution in [0.5, 0.6) is 0 Å². The number of anilines is 1. The molecule has 7 nitrogen and oxygen atoms in total. The lowest BCUT2D eigenvalue weighted by Gasteiger charge is -2.40. The van der Waals surface area contributed by atoms with Gasteiger partial charge in [0.05, 0.1) is 38.4 Å². The van der Waals surface area contributed by atoms with Crippen LogP contribution in [0.2, 0.25) is 5.02 Å². The van der Waals surface area contributed by atoms with Gasteiger partial charge in [0.15, 0.2) is 0 Å². The van der Waals surface area contributed by atoms with Crippen LogP contribution in [0.1, 0.15) is 32.3 Å². The molecule has 0 bridgehead atoms. The number of carbonyl (C=O) groups excluding carboxylic acids is 2. The standard InChI is InChI=1S/C20H27ClN4O3/c1-20(2)12-25(14-5-3-4-13(21)19(14)20)18(27)10-15-22-16(11-17(26)23-15)24-6-8-28-9-7-24/h3-5,15-16,22H,6-12H2,1-2H3,(H,23,26). The fourth-order valence-electron chi connectivity index (χ4n) is 4.47. The second-order valence-electron chi connectivity index (χ2n) is 8.36. The first-order valence-electron chi connectivity index (χ1n) is 9.82. The molecular weight excluding hydrogens is 380 g/mol. The molecule has 4 rings (SSSR count).